The summed E-state index contributed by atoms with van der Waals surface area (Å²) in [5, 5.41) is 6.99. The number of nitrogens with zero attached hydrogens (tertiary/aromatic N) is 1. The second kappa shape index (κ2) is 6.47. The molecule has 1 aliphatic heterocycles. The van der Waals surface area contributed by atoms with E-state index in [2.05, 4.69) is 21.7 Å². The van der Waals surface area contributed by atoms with Crippen LogP contribution in [0.2, 0.25) is 0 Å². The Labute approximate surface area is 125 Å². The van der Waals surface area contributed by atoms with Gasteiger partial charge in [-0.1, -0.05) is 6.07 Å². The van der Waals surface area contributed by atoms with Crippen molar-refractivity contribution in [1.82, 2.24) is 10.3 Å². The third kappa shape index (κ3) is 3.08. The van der Waals surface area contributed by atoms with Crippen LogP contribution < -0.4 is 5.32 Å². The molecule has 4 nitrogen and oxygen atoms in total. The zero-order valence-electron chi connectivity index (χ0n) is 11.0. The van der Waals surface area contributed by atoms with Gasteiger partial charge < -0.3 is 10.1 Å². The van der Waals surface area contributed by atoms with Crippen molar-refractivity contribution in [3.63, 3.8) is 0 Å². The predicted molar refractivity (Wildman–Crippen MR) is 80.2 cm³/mol. The maximum absolute atomic E-state index is 12.3. The van der Waals surface area contributed by atoms with Gasteiger partial charge in [0.1, 0.15) is 5.69 Å². The molecular formula is C14H16N2O2S2. The van der Waals surface area contributed by atoms with Gasteiger partial charge in [0.2, 0.25) is 0 Å². The molecule has 0 aromatic carbocycles. The van der Waals surface area contributed by atoms with E-state index in [4.69, 9.17) is 4.74 Å². The average Bonchev–Trinajstić information content (AvgIpc) is 3.18. The summed E-state index contributed by atoms with van der Waals surface area (Å²) in [7, 11) is 0. The molecule has 1 atom stereocenters. The van der Waals surface area contributed by atoms with Crippen molar-refractivity contribution in [3.8, 4) is 0 Å². The topological polar surface area (TPSA) is 51.2 Å². The van der Waals surface area contributed by atoms with E-state index in [-0.39, 0.29) is 11.9 Å². The van der Waals surface area contributed by atoms with E-state index < -0.39 is 0 Å². The Morgan fingerprint density at radius 3 is 2.95 bits per heavy atom. The average molecular weight is 308 g/mol. The number of rotatable bonds is 4. The number of hydrogen-bond acceptors (Lipinski definition) is 5. The lowest BCUT2D eigenvalue weighted by Crippen LogP contribution is -2.35. The minimum absolute atomic E-state index is 0.0631. The van der Waals surface area contributed by atoms with Crippen LogP contribution in [0.4, 0.5) is 0 Å². The van der Waals surface area contributed by atoms with Gasteiger partial charge in [0.15, 0.2) is 0 Å². The van der Waals surface area contributed by atoms with Crippen LogP contribution in [0, 0.1) is 5.92 Å². The monoisotopic (exact) mass is 308 g/mol. The highest BCUT2D eigenvalue weighted by Gasteiger charge is 2.28. The van der Waals surface area contributed by atoms with Crippen LogP contribution in [0.25, 0.3) is 0 Å². The highest BCUT2D eigenvalue weighted by molar-refractivity contribution is 7.10. The van der Waals surface area contributed by atoms with Crippen LogP contribution in [0.5, 0.6) is 0 Å². The van der Waals surface area contributed by atoms with Crippen molar-refractivity contribution >= 4 is 28.6 Å². The normalized spacial score (nSPS) is 17.8. The summed E-state index contributed by atoms with van der Waals surface area (Å²) in [5.41, 5.74) is 2.19. The molecule has 0 aliphatic carbocycles. The molecule has 2 aromatic heterocycles. The van der Waals surface area contributed by atoms with Crippen molar-refractivity contribution in [2.45, 2.75) is 18.9 Å². The molecule has 0 radical (unpaired) electrons. The lowest BCUT2D eigenvalue weighted by atomic mass is 9.90. The molecule has 1 aliphatic rings. The molecule has 3 rings (SSSR count). The molecule has 2 aromatic rings. The summed E-state index contributed by atoms with van der Waals surface area (Å²) >= 11 is 3.13. The number of thiazole rings is 1. The Hall–Kier alpha value is -1.24. The van der Waals surface area contributed by atoms with Crippen molar-refractivity contribution in [1.29, 1.82) is 0 Å². The first-order valence-corrected chi connectivity index (χ1v) is 8.47. The van der Waals surface area contributed by atoms with E-state index in [0.29, 0.717) is 11.6 Å². The van der Waals surface area contributed by atoms with E-state index in [9.17, 15) is 4.79 Å². The third-order valence-corrected chi connectivity index (χ3v) is 5.08. The molecule has 6 heteroatoms. The standard InChI is InChI=1S/C14H16N2O2S2/c17-14(11-8-19-9-15-11)16-13(12-2-1-7-20-12)10-3-5-18-6-4-10/h1-2,7-10,13H,3-6H2,(H,16,17)/t13-/m0/s1. The summed E-state index contributed by atoms with van der Waals surface area (Å²) in [6, 6.07) is 4.18. The second-order valence-corrected chi connectivity index (χ2v) is 6.49. The third-order valence-electron chi connectivity index (χ3n) is 3.54. The maximum Gasteiger partial charge on any atom is 0.271 e. The van der Waals surface area contributed by atoms with Crippen LogP contribution in [0.1, 0.15) is 34.2 Å². The number of thiophene rings is 1. The molecule has 1 amide bonds. The molecule has 106 valence electrons. The first kappa shape index (κ1) is 13.7. The molecule has 1 N–H and O–H groups in total. The number of hydrogen-bond donors (Lipinski definition) is 1. The smallest absolute Gasteiger partial charge is 0.271 e. The van der Waals surface area contributed by atoms with Gasteiger partial charge in [-0.15, -0.1) is 22.7 Å². The fourth-order valence-electron chi connectivity index (χ4n) is 2.48. The van der Waals surface area contributed by atoms with Crippen molar-refractivity contribution in [2.24, 2.45) is 5.92 Å². The van der Waals surface area contributed by atoms with Gasteiger partial charge in [-0.3, -0.25) is 4.79 Å². The van der Waals surface area contributed by atoms with E-state index in [1.807, 2.05) is 6.07 Å². The molecule has 1 saturated heterocycles. The Balaban J connectivity index is 1.77. The van der Waals surface area contributed by atoms with Crippen LogP contribution in [-0.2, 0) is 4.74 Å². The Bertz CT molecular complexity index is 534. The van der Waals surface area contributed by atoms with Crippen LogP contribution in [-0.4, -0.2) is 24.1 Å². The van der Waals surface area contributed by atoms with Crippen LogP contribution in [0.3, 0.4) is 0 Å². The first-order chi connectivity index (χ1) is 9.84. The first-order valence-electron chi connectivity index (χ1n) is 6.65. The van der Waals surface area contributed by atoms with Gasteiger partial charge in [0.25, 0.3) is 5.91 Å². The molecule has 3 heterocycles. The number of aromatic nitrogens is 1. The van der Waals surface area contributed by atoms with E-state index in [1.54, 1.807) is 22.2 Å². The van der Waals surface area contributed by atoms with Crippen molar-refractivity contribution in [2.75, 3.05) is 13.2 Å². The van der Waals surface area contributed by atoms with Gasteiger partial charge >= 0.3 is 0 Å². The minimum atomic E-state index is -0.0869. The number of carbonyl (C=O) groups excluding carboxylic acids is 1. The molecule has 20 heavy (non-hydrogen) atoms. The van der Waals surface area contributed by atoms with Crippen LogP contribution >= 0.6 is 22.7 Å². The predicted octanol–water partition coefficient (Wildman–Crippen LogP) is 3.10. The molecule has 0 spiro atoms. The van der Waals surface area contributed by atoms with Gasteiger partial charge in [0, 0.05) is 23.5 Å². The lowest BCUT2D eigenvalue weighted by Gasteiger charge is -2.30. The van der Waals surface area contributed by atoms with Crippen molar-refractivity contribution < 1.29 is 9.53 Å². The van der Waals surface area contributed by atoms with E-state index in [1.165, 1.54) is 16.2 Å². The largest absolute Gasteiger partial charge is 0.381 e. The Kier molecular flexibility index (Phi) is 4.44. The summed E-state index contributed by atoms with van der Waals surface area (Å²) in [4.78, 5) is 17.6. The molecule has 1 fully saturated rings. The van der Waals surface area contributed by atoms with Crippen LogP contribution in [0.15, 0.2) is 28.4 Å². The summed E-state index contributed by atoms with van der Waals surface area (Å²) in [5.74, 6) is 0.348. The van der Waals surface area contributed by atoms with Gasteiger partial charge in [0.05, 0.1) is 11.6 Å². The molecule has 0 bridgehead atoms. The highest BCUT2D eigenvalue weighted by Crippen LogP contribution is 2.32. The molecule has 0 unspecified atom stereocenters. The summed E-state index contributed by atoms with van der Waals surface area (Å²) in [6.45, 7) is 1.55. The fraction of sp³-hybridized carbons (Fsp3) is 0.429. The van der Waals surface area contributed by atoms with E-state index >= 15 is 0 Å². The number of ether oxygens (including phenoxy) is 1. The maximum atomic E-state index is 12.3. The second-order valence-electron chi connectivity index (χ2n) is 4.79. The summed E-state index contributed by atoms with van der Waals surface area (Å²) in [6.07, 6.45) is 1.97. The zero-order valence-corrected chi connectivity index (χ0v) is 12.6. The Morgan fingerprint density at radius 1 is 1.45 bits per heavy atom. The SMILES string of the molecule is O=C(N[C@H](c1cccs1)C1CCOCC1)c1cscn1. The molecular weight excluding hydrogens is 292 g/mol. The zero-order chi connectivity index (χ0) is 13.8. The quantitative estimate of drug-likeness (QED) is 0.944. The number of nitrogens with one attached hydrogen (secondary N) is 1. The lowest BCUT2D eigenvalue weighted by molar-refractivity contribution is 0.0517. The van der Waals surface area contributed by atoms with Crippen molar-refractivity contribution in [3.05, 3.63) is 39.0 Å². The fourth-order valence-corrected chi connectivity index (χ4v) is 3.88. The minimum Gasteiger partial charge on any atom is -0.381 e. The highest BCUT2D eigenvalue weighted by atomic mass is 32.1. The number of amides is 1. The molecule has 0 saturated carbocycles. The van der Waals surface area contributed by atoms with Gasteiger partial charge in [-0.25, -0.2) is 4.98 Å². The van der Waals surface area contributed by atoms with E-state index in [0.717, 1.165) is 26.1 Å². The summed E-state index contributed by atoms with van der Waals surface area (Å²) < 4.78 is 5.42. The Morgan fingerprint density at radius 2 is 2.30 bits per heavy atom. The number of carbonyl (C=O) groups is 1. The van der Waals surface area contributed by atoms with Gasteiger partial charge in [-0.05, 0) is 30.2 Å². The van der Waals surface area contributed by atoms with Gasteiger partial charge in [-0.2, -0.15) is 0 Å².